The maximum absolute atomic E-state index is 11.8. The second-order valence-electron chi connectivity index (χ2n) is 6.10. The number of benzene rings is 2. The Morgan fingerprint density at radius 1 is 1.13 bits per heavy atom. The van der Waals surface area contributed by atoms with Crippen LogP contribution >= 0.6 is 0 Å². The summed E-state index contributed by atoms with van der Waals surface area (Å²) in [6.07, 6.45) is 1.17. The van der Waals surface area contributed by atoms with E-state index in [1.807, 2.05) is 62.4 Å². The molecule has 0 saturated carbocycles. The van der Waals surface area contributed by atoms with Gasteiger partial charge in [-0.2, -0.15) is 0 Å². The van der Waals surface area contributed by atoms with E-state index in [1.54, 1.807) is 0 Å². The Bertz CT molecular complexity index is 771. The summed E-state index contributed by atoms with van der Waals surface area (Å²) in [4.78, 5) is 16.2. The number of hydrogen-bond acceptors (Lipinski definition) is 3. The third kappa shape index (κ3) is 3.97. The molecule has 0 spiro atoms. The molecule has 4 nitrogen and oxygen atoms in total. The molecular weight excluding hydrogens is 288 g/mol. The molecule has 4 heteroatoms. The van der Waals surface area contributed by atoms with Crippen LogP contribution in [0.1, 0.15) is 31.7 Å². The number of carbonyl (C=O) groups excluding carboxylic acids is 1. The highest BCUT2D eigenvalue weighted by Gasteiger charge is 2.07. The molecule has 0 atom stereocenters. The molecule has 3 rings (SSSR count). The quantitative estimate of drug-likeness (QED) is 0.760. The number of para-hydroxylation sites is 2. The van der Waals surface area contributed by atoms with E-state index in [-0.39, 0.29) is 5.91 Å². The van der Waals surface area contributed by atoms with E-state index in [0.717, 1.165) is 22.4 Å². The highest BCUT2D eigenvalue weighted by molar-refractivity contribution is 5.90. The molecule has 3 aromatic rings. The van der Waals surface area contributed by atoms with Crippen molar-refractivity contribution in [3.63, 3.8) is 0 Å². The van der Waals surface area contributed by atoms with Crippen molar-refractivity contribution in [2.24, 2.45) is 5.92 Å². The number of oxazole rings is 1. The second-order valence-corrected chi connectivity index (χ2v) is 6.10. The summed E-state index contributed by atoms with van der Waals surface area (Å²) in [5.74, 6) is 1.10. The number of fused-ring (bicyclic) bond motifs is 1. The molecule has 0 bridgehead atoms. The van der Waals surface area contributed by atoms with Crippen LogP contribution in [0.15, 0.2) is 52.9 Å². The van der Waals surface area contributed by atoms with E-state index >= 15 is 0 Å². The molecule has 2 aromatic carbocycles. The third-order valence-electron chi connectivity index (χ3n) is 3.52. The van der Waals surface area contributed by atoms with Gasteiger partial charge in [0.15, 0.2) is 11.5 Å². The molecule has 1 N–H and O–H groups in total. The molecule has 0 unspecified atom stereocenters. The van der Waals surface area contributed by atoms with Crippen molar-refractivity contribution in [3.05, 3.63) is 60.0 Å². The van der Waals surface area contributed by atoms with E-state index < -0.39 is 0 Å². The predicted octanol–water partition coefficient (Wildman–Crippen LogP) is 4.40. The SMILES string of the molecule is CC(C)CC(=O)Nc1ccc(Cc2nc3ccccc3o2)cc1. The van der Waals surface area contributed by atoms with Crippen LogP contribution in [0.3, 0.4) is 0 Å². The van der Waals surface area contributed by atoms with Crippen LogP contribution in [-0.2, 0) is 11.2 Å². The molecule has 0 saturated heterocycles. The van der Waals surface area contributed by atoms with Crippen LogP contribution < -0.4 is 5.32 Å². The zero-order valence-electron chi connectivity index (χ0n) is 13.4. The lowest BCUT2D eigenvalue weighted by Gasteiger charge is -2.07. The summed E-state index contributed by atoms with van der Waals surface area (Å²) in [5, 5.41) is 2.91. The van der Waals surface area contributed by atoms with Crippen LogP contribution in [0.4, 0.5) is 5.69 Å². The van der Waals surface area contributed by atoms with Gasteiger partial charge in [0.25, 0.3) is 0 Å². The van der Waals surface area contributed by atoms with Crippen LogP contribution in [-0.4, -0.2) is 10.9 Å². The summed E-state index contributed by atoms with van der Waals surface area (Å²) in [5.41, 5.74) is 3.59. The Labute approximate surface area is 135 Å². The number of amides is 1. The summed E-state index contributed by atoms with van der Waals surface area (Å²) >= 11 is 0. The number of nitrogens with zero attached hydrogens (tertiary/aromatic N) is 1. The Kier molecular flexibility index (Phi) is 4.42. The van der Waals surface area contributed by atoms with Crippen molar-refractivity contribution in [3.8, 4) is 0 Å². The minimum Gasteiger partial charge on any atom is -0.440 e. The number of hydrogen-bond donors (Lipinski definition) is 1. The van der Waals surface area contributed by atoms with Gasteiger partial charge in [-0.3, -0.25) is 4.79 Å². The van der Waals surface area contributed by atoms with Gasteiger partial charge < -0.3 is 9.73 Å². The van der Waals surface area contributed by atoms with Gasteiger partial charge in [0.1, 0.15) is 5.52 Å². The molecule has 0 fully saturated rings. The number of nitrogens with one attached hydrogen (secondary N) is 1. The Balaban J connectivity index is 1.66. The first kappa shape index (κ1) is 15.3. The number of aromatic nitrogens is 1. The lowest BCUT2D eigenvalue weighted by Crippen LogP contribution is -2.13. The average molecular weight is 308 g/mol. The minimum absolute atomic E-state index is 0.0479. The fraction of sp³-hybridized carbons (Fsp3) is 0.263. The van der Waals surface area contributed by atoms with Crippen molar-refractivity contribution >= 4 is 22.7 Å². The highest BCUT2D eigenvalue weighted by Crippen LogP contribution is 2.18. The smallest absolute Gasteiger partial charge is 0.224 e. The summed E-state index contributed by atoms with van der Waals surface area (Å²) in [6.45, 7) is 4.06. The first-order chi connectivity index (χ1) is 11.1. The molecule has 0 aliphatic heterocycles. The molecular formula is C19H20N2O2. The molecule has 1 heterocycles. The number of rotatable bonds is 5. The topological polar surface area (TPSA) is 55.1 Å². The van der Waals surface area contributed by atoms with Gasteiger partial charge in [0, 0.05) is 18.5 Å². The van der Waals surface area contributed by atoms with Gasteiger partial charge >= 0.3 is 0 Å². The fourth-order valence-electron chi connectivity index (χ4n) is 2.46. The molecule has 23 heavy (non-hydrogen) atoms. The van der Waals surface area contributed by atoms with Gasteiger partial charge in [0.2, 0.25) is 5.91 Å². The monoisotopic (exact) mass is 308 g/mol. The summed E-state index contributed by atoms with van der Waals surface area (Å²) in [7, 11) is 0. The largest absolute Gasteiger partial charge is 0.440 e. The molecule has 1 amide bonds. The third-order valence-corrected chi connectivity index (χ3v) is 3.52. The maximum Gasteiger partial charge on any atom is 0.224 e. The molecule has 118 valence electrons. The van der Waals surface area contributed by atoms with Crippen LogP contribution in [0.25, 0.3) is 11.1 Å². The normalized spacial score (nSPS) is 11.1. The van der Waals surface area contributed by atoms with E-state index in [4.69, 9.17) is 4.42 Å². The molecule has 1 aromatic heterocycles. The summed E-state index contributed by atoms with van der Waals surface area (Å²) < 4.78 is 5.73. The van der Waals surface area contributed by atoms with Crippen molar-refractivity contribution in [2.75, 3.05) is 5.32 Å². The zero-order valence-corrected chi connectivity index (χ0v) is 13.4. The van der Waals surface area contributed by atoms with Crippen LogP contribution in [0.2, 0.25) is 0 Å². The Morgan fingerprint density at radius 2 is 1.87 bits per heavy atom. The van der Waals surface area contributed by atoms with Gasteiger partial charge in [0.05, 0.1) is 0 Å². The Hall–Kier alpha value is -2.62. The van der Waals surface area contributed by atoms with E-state index in [0.29, 0.717) is 24.7 Å². The van der Waals surface area contributed by atoms with Crippen LogP contribution in [0, 0.1) is 5.92 Å². The van der Waals surface area contributed by atoms with E-state index in [1.165, 1.54) is 0 Å². The minimum atomic E-state index is 0.0479. The maximum atomic E-state index is 11.8. The highest BCUT2D eigenvalue weighted by atomic mass is 16.3. The number of carbonyl (C=O) groups is 1. The van der Waals surface area contributed by atoms with Crippen molar-refractivity contribution < 1.29 is 9.21 Å². The zero-order chi connectivity index (χ0) is 16.2. The first-order valence-corrected chi connectivity index (χ1v) is 7.83. The Morgan fingerprint density at radius 3 is 2.57 bits per heavy atom. The van der Waals surface area contributed by atoms with Gasteiger partial charge in [-0.1, -0.05) is 38.1 Å². The fourth-order valence-corrected chi connectivity index (χ4v) is 2.46. The van der Waals surface area contributed by atoms with Gasteiger partial charge in [-0.05, 0) is 35.7 Å². The molecule has 0 aliphatic carbocycles. The lowest BCUT2D eigenvalue weighted by atomic mass is 10.1. The van der Waals surface area contributed by atoms with Gasteiger partial charge in [-0.25, -0.2) is 4.98 Å². The predicted molar refractivity (Wildman–Crippen MR) is 91.3 cm³/mol. The van der Waals surface area contributed by atoms with Crippen molar-refractivity contribution in [1.82, 2.24) is 4.98 Å². The lowest BCUT2D eigenvalue weighted by molar-refractivity contribution is -0.116. The molecule has 0 aliphatic rings. The number of anilines is 1. The second kappa shape index (κ2) is 6.65. The van der Waals surface area contributed by atoms with E-state index in [2.05, 4.69) is 10.3 Å². The van der Waals surface area contributed by atoms with Crippen molar-refractivity contribution in [2.45, 2.75) is 26.7 Å². The van der Waals surface area contributed by atoms with Crippen LogP contribution in [0.5, 0.6) is 0 Å². The first-order valence-electron chi connectivity index (χ1n) is 7.83. The molecule has 0 radical (unpaired) electrons. The van der Waals surface area contributed by atoms with E-state index in [9.17, 15) is 4.79 Å². The standard InChI is InChI=1S/C19H20N2O2/c1-13(2)11-18(22)20-15-9-7-14(8-10-15)12-19-21-16-5-3-4-6-17(16)23-19/h3-10,13H,11-12H2,1-2H3,(H,20,22). The summed E-state index contributed by atoms with van der Waals surface area (Å²) in [6, 6.07) is 15.5. The van der Waals surface area contributed by atoms with Gasteiger partial charge in [-0.15, -0.1) is 0 Å². The average Bonchev–Trinajstić information content (AvgIpc) is 2.90. The van der Waals surface area contributed by atoms with Crippen molar-refractivity contribution in [1.29, 1.82) is 0 Å².